The van der Waals surface area contributed by atoms with Gasteiger partial charge in [0.2, 0.25) is 0 Å². The molecule has 1 aliphatic heterocycles. The molecule has 3 aromatic carbocycles. The predicted molar refractivity (Wildman–Crippen MR) is 169 cm³/mol. The van der Waals surface area contributed by atoms with Gasteiger partial charge in [-0.3, -0.25) is 4.18 Å². The first-order valence-electron chi connectivity index (χ1n) is 15.0. The van der Waals surface area contributed by atoms with Crippen molar-refractivity contribution in [3.63, 3.8) is 0 Å². The van der Waals surface area contributed by atoms with E-state index in [2.05, 4.69) is 49.1 Å². The summed E-state index contributed by atoms with van der Waals surface area (Å²) in [5.74, 6) is 0.605. The van der Waals surface area contributed by atoms with Crippen LogP contribution in [0.25, 0.3) is 22.2 Å². The van der Waals surface area contributed by atoms with Crippen molar-refractivity contribution >= 4 is 26.7 Å². The number of nitrogens with zero attached hydrogens (tertiary/aromatic N) is 2. The molecule has 0 N–H and O–H groups in total. The first-order valence-corrected chi connectivity index (χ1v) is 16.4. The van der Waals surface area contributed by atoms with Crippen LogP contribution >= 0.6 is 0 Å². The molecule has 5 rings (SSSR count). The van der Waals surface area contributed by atoms with E-state index in [1.54, 1.807) is 12.1 Å². The summed E-state index contributed by atoms with van der Waals surface area (Å²) in [4.78, 5) is 7.31. The fraction of sp³-hybridized carbons (Fsp3) is 0.382. The molecule has 0 spiro atoms. The summed E-state index contributed by atoms with van der Waals surface area (Å²) in [5, 5.41) is 0.992. The quantitative estimate of drug-likeness (QED) is 0.155. The van der Waals surface area contributed by atoms with Crippen LogP contribution in [-0.2, 0) is 23.8 Å². The molecule has 0 aliphatic carbocycles. The van der Waals surface area contributed by atoms with Crippen LogP contribution in [0.3, 0.4) is 0 Å². The molecule has 0 radical (unpaired) electrons. The van der Waals surface area contributed by atoms with Gasteiger partial charge in [0.25, 0.3) is 10.1 Å². The van der Waals surface area contributed by atoms with E-state index in [4.69, 9.17) is 23.4 Å². The maximum absolute atomic E-state index is 12.8. The van der Waals surface area contributed by atoms with E-state index in [-0.39, 0.29) is 18.1 Å². The highest BCUT2D eigenvalue weighted by Gasteiger charge is 2.24. The average molecular weight is 605 g/mol. The number of hydrogen-bond donors (Lipinski definition) is 0. The Bertz CT molecular complexity index is 1580. The third kappa shape index (κ3) is 8.12. The first kappa shape index (κ1) is 30.9. The maximum Gasteiger partial charge on any atom is 0.297 e. The number of hydrogen-bond acceptors (Lipinski definition) is 8. The van der Waals surface area contributed by atoms with E-state index in [1.165, 1.54) is 17.8 Å². The van der Waals surface area contributed by atoms with Crippen LogP contribution in [0.2, 0.25) is 0 Å². The minimum atomic E-state index is -3.96. The van der Waals surface area contributed by atoms with Crippen molar-refractivity contribution in [1.82, 2.24) is 4.98 Å². The van der Waals surface area contributed by atoms with E-state index in [0.717, 1.165) is 60.1 Å². The topological polar surface area (TPSA) is 87.2 Å². The first-order chi connectivity index (χ1) is 20.8. The van der Waals surface area contributed by atoms with Crippen LogP contribution in [-0.4, -0.2) is 58.7 Å². The highest BCUT2D eigenvalue weighted by Crippen LogP contribution is 2.27. The third-order valence-corrected chi connectivity index (χ3v) is 8.89. The molecule has 1 aliphatic rings. The molecule has 4 aromatic rings. The number of benzene rings is 3. The SMILES string of the molecule is CCN(CC)c1ccc(-c2ccc3ccc(OCC(COS(=O)(=O)c4ccc(C)cc4)OC4CCCCO4)cc3n2)cc1. The molecule has 8 nitrogen and oxygen atoms in total. The van der Waals surface area contributed by atoms with Gasteiger partial charge in [-0.25, -0.2) is 4.98 Å². The number of ether oxygens (including phenoxy) is 3. The summed E-state index contributed by atoms with van der Waals surface area (Å²) in [6.07, 6.45) is 1.60. The lowest BCUT2D eigenvalue weighted by molar-refractivity contribution is -0.198. The van der Waals surface area contributed by atoms with Gasteiger partial charge < -0.3 is 19.1 Å². The summed E-state index contributed by atoms with van der Waals surface area (Å²) in [6, 6.07) is 24.8. The Kier molecular flexibility index (Phi) is 10.3. The zero-order valence-corrected chi connectivity index (χ0v) is 25.9. The fourth-order valence-corrected chi connectivity index (χ4v) is 6.00. The van der Waals surface area contributed by atoms with Gasteiger partial charge in [0.1, 0.15) is 18.5 Å². The largest absolute Gasteiger partial charge is 0.491 e. The summed E-state index contributed by atoms with van der Waals surface area (Å²) in [5.41, 5.74) is 4.87. The molecule has 2 unspecified atom stereocenters. The molecule has 43 heavy (non-hydrogen) atoms. The second-order valence-corrected chi connectivity index (χ2v) is 12.3. The maximum atomic E-state index is 12.8. The lowest BCUT2D eigenvalue weighted by Crippen LogP contribution is -2.35. The minimum Gasteiger partial charge on any atom is -0.491 e. The molecule has 9 heteroatoms. The van der Waals surface area contributed by atoms with Gasteiger partial charge in [-0.1, -0.05) is 35.9 Å². The molecule has 1 aromatic heterocycles. The standard InChI is InChI=1S/C34H40N2O6S/c1-4-36(5-2)28-15-11-26(12-16-28)32-20-14-27-13-17-29(22-33(27)35-32)40-23-30(42-34-8-6-7-21-39-34)24-41-43(37,38)31-18-9-25(3)10-19-31/h9-20,22,30,34H,4-8,21,23-24H2,1-3H3. The Hall–Kier alpha value is -3.50. The van der Waals surface area contributed by atoms with Crippen molar-refractivity contribution in [2.24, 2.45) is 0 Å². The molecule has 2 heterocycles. The van der Waals surface area contributed by atoms with Crippen molar-refractivity contribution < 1.29 is 26.8 Å². The van der Waals surface area contributed by atoms with Crippen LogP contribution in [0, 0.1) is 6.92 Å². The summed E-state index contributed by atoms with van der Waals surface area (Å²) >= 11 is 0. The van der Waals surface area contributed by atoms with Crippen LogP contribution in [0.4, 0.5) is 5.69 Å². The van der Waals surface area contributed by atoms with Crippen molar-refractivity contribution in [2.45, 2.75) is 57.3 Å². The molecule has 0 amide bonds. The van der Waals surface area contributed by atoms with Gasteiger partial charge in [-0.05, 0) is 82.5 Å². The Balaban J connectivity index is 1.29. The van der Waals surface area contributed by atoms with Crippen LogP contribution in [0.1, 0.15) is 38.7 Å². The predicted octanol–water partition coefficient (Wildman–Crippen LogP) is 6.75. The van der Waals surface area contributed by atoms with Crippen LogP contribution < -0.4 is 9.64 Å². The normalized spacial score (nSPS) is 16.2. The van der Waals surface area contributed by atoms with Crippen molar-refractivity contribution in [2.75, 3.05) is 37.8 Å². The van der Waals surface area contributed by atoms with E-state index < -0.39 is 22.5 Å². The van der Waals surface area contributed by atoms with Crippen molar-refractivity contribution in [3.8, 4) is 17.0 Å². The highest BCUT2D eigenvalue weighted by atomic mass is 32.2. The zero-order valence-electron chi connectivity index (χ0n) is 25.1. The van der Waals surface area contributed by atoms with E-state index in [1.807, 2.05) is 31.2 Å². The van der Waals surface area contributed by atoms with Crippen LogP contribution in [0.15, 0.2) is 83.8 Å². The number of pyridine rings is 1. The number of aryl methyl sites for hydroxylation is 1. The number of aromatic nitrogens is 1. The third-order valence-electron chi connectivity index (χ3n) is 7.59. The summed E-state index contributed by atoms with van der Waals surface area (Å²) in [6.45, 7) is 8.62. The van der Waals surface area contributed by atoms with E-state index in [9.17, 15) is 8.42 Å². The summed E-state index contributed by atoms with van der Waals surface area (Å²) < 4.78 is 49.1. The fourth-order valence-electron chi connectivity index (χ4n) is 5.07. The zero-order chi connectivity index (χ0) is 30.2. The molecule has 1 fully saturated rings. The molecule has 228 valence electrons. The number of rotatable bonds is 13. The molecule has 2 atom stereocenters. The number of fused-ring (bicyclic) bond motifs is 1. The molecule has 0 bridgehead atoms. The van der Waals surface area contributed by atoms with Gasteiger partial charge in [0.15, 0.2) is 6.29 Å². The van der Waals surface area contributed by atoms with E-state index in [0.29, 0.717) is 12.4 Å². The monoisotopic (exact) mass is 604 g/mol. The number of anilines is 1. The smallest absolute Gasteiger partial charge is 0.297 e. The van der Waals surface area contributed by atoms with Crippen LogP contribution in [0.5, 0.6) is 5.75 Å². The molecule has 0 saturated carbocycles. The molecular weight excluding hydrogens is 564 g/mol. The Morgan fingerprint density at radius 1 is 0.930 bits per heavy atom. The van der Waals surface area contributed by atoms with Gasteiger partial charge in [0.05, 0.1) is 22.7 Å². The summed E-state index contributed by atoms with van der Waals surface area (Å²) in [7, 11) is -3.96. The van der Waals surface area contributed by atoms with Gasteiger partial charge in [0, 0.05) is 42.4 Å². The molecular formula is C34H40N2O6S. The van der Waals surface area contributed by atoms with E-state index >= 15 is 0 Å². The Labute approximate surface area is 254 Å². The van der Waals surface area contributed by atoms with Gasteiger partial charge in [-0.2, -0.15) is 8.42 Å². The molecule has 1 saturated heterocycles. The lowest BCUT2D eigenvalue weighted by atomic mass is 10.1. The van der Waals surface area contributed by atoms with Crippen molar-refractivity contribution in [1.29, 1.82) is 0 Å². The Morgan fingerprint density at radius 2 is 1.67 bits per heavy atom. The highest BCUT2D eigenvalue weighted by molar-refractivity contribution is 7.86. The van der Waals surface area contributed by atoms with Gasteiger partial charge >= 0.3 is 0 Å². The lowest BCUT2D eigenvalue weighted by Gasteiger charge is -2.27. The average Bonchev–Trinajstić information content (AvgIpc) is 3.03. The second kappa shape index (κ2) is 14.3. The minimum absolute atomic E-state index is 0.0846. The van der Waals surface area contributed by atoms with Gasteiger partial charge in [-0.15, -0.1) is 0 Å². The Morgan fingerprint density at radius 3 is 2.37 bits per heavy atom. The second-order valence-electron chi connectivity index (χ2n) is 10.7. The van der Waals surface area contributed by atoms with Crippen molar-refractivity contribution in [3.05, 3.63) is 84.4 Å².